The van der Waals surface area contributed by atoms with Gasteiger partial charge in [0.15, 0.2) is 11.6 Å². The molecule has 0 saturated heterocycles. The van der Waals surface area contributed by atoms with Gasteiger partial charge in [-0.1, -0.05) is 28.1 Å². The Bertz CT molecular complexity index is 596. The van der Waals surface area contributed by atoms with Gasteiger partial charge in [-0.3, -0.25) is 0 Å². The molecule has 0 aliphatic carbocycles. The molecule has 0 fully saturated rings. The molecule has 6 heteroatoms. The molecule has 0 aromatic heterocycles. The SMILES string of the molecule is Oc1c(F)cccc1CNc1c(F)cc(Br)cc1F. The van der Waals surface area contributed by atoms with Crippen molar-refractivity contribution in [2.24, 2.45) is 0 Å². The second-order valence-corrected chi connectivity index (χ2v) is 4.76. The number of phenolic OH excluding ortho intramolecular Hbond substituents is 1. The maximum atomic E-state index is 13.5. The molecule has 0 unspecified atom stereocenters. The zero-order chi connectivity index (χ0) is 14.0. The van der Waals surface area contributed by atoms with Crippen LogP contribution in [-0.2, 0) is 6.54 Å². The first kappa shape index (κ1) is 13.7. The van der Waals surface area contributed by atoms with Crippen LogP contribution >= 0.6 is 15.9 Å². The fraction of sp³-hybridized carbons (Fsp3) is 0.0769. The third-order valence-electron chi connectivity index (χ3n) is 2.53. The van der Waals surface area contributed by atoms with Crippen molar-refractivity contribution in [1.82, 2.24) is 0 Å². The Labute approximate surface area is 116 Å². The molecule has 19 heavy (non-hydrogen) atoms. The van der Waals surface area contributed by atoms with E-state index in [0.29, 0.717) is 0 Å². The van der Waals surface area contributed by atoms with Gasteiger partial charge in [0.1, 0.15) is 17.3 Å². The summed E-state index contributed by atoms with van der Waals surface area (Å²) in [5.41, 5.74) is -0.117. The van der Waals surface area contributed by atoms with E-state index in [9.17, 15) is 18.3 Å². The van der Waals surface area contributed by atoms with Crippen LogP contribution in [0.2, 0.25) is 0 Å². The van der Waals surface area contributed by atoms with Crippen molar-refractivity contribution in [2.75, 3.05) is 5.32 Å². The maximum absolute atomic E-state index is 13.5. The van der Waals surface area contributed by atoms with Crippen LogP contribution in [0, 0.1) is 17.5 Å². The number of para-hydroxylation sites is 1. The van der Waals surface area contributed by atoms with E-state index in [1.165, 1.54) is 12.1 Å². The number of benzene rings is 2. The van der Waals surface area contributed by atoms with Crippen molar-refractivity contribution < 1.29 is 18.3 Å². The number of hydrogen-bond donors (Lipinski definition) is 2. The van der Waals surface area contributed by atoms with E-state index >= 15 is 0 Å². The smallest absolute Gasteiger partial charge is 0.165 e. The molecule has 0 aliphatic heterocycles. The Hall–Kier alpha value is -1.69. The third-order valence-corrected chi connectivity index (χ3v) is 2.99. The molecule has 2 nitrogen and oxygen atoms in total. The summed E-state index contributed by atoms with van der Waals surface area (Å²) in [5, 5.41) is 11.9. The van der Waals surface area contributed by atoms with Crippen molar-refractivity contribution in [3.8, 4) is 5.75 Å². The third kappa shape index (κ3) is 3.01. The summed E-state index contributed by atoms with van der Waals surface area (Å²) in [7, 11) is 0. The number of rotatable bonds is 3. The Morgan fingerprint density at radius 2 is 1.68 bits per heavy atom. The topological polar surface area (TPSA) is 32.3 Å². The van der Waals surface area contributed by atoms with Crippen molar-refractivity contribution in [3.63, 3.8) is 0 Å². The van der Waals surface area contributed by atoms with E-state index in [-0.39, 0.29) is 22.3 Å². The Balaban J connectivity index is 2.22. The van der Waals surface area contributed by atoms with Crippen molar-refractivity contribution in [2.45, 2.75) is 6.54 Å². The van der Waals surface area contributed by atoms with Gasteiger partial charge in [0, 0.05) is 16.6 Å². The van der Waals surface area contributed by atoms with Crippen molar-refractivity contribution in [1.29, 1.82) is 0 Å². The molecule has 0 heterocycles. The van der Waals surface area contributed by atoms with Gasteiger partial charge < -0.3 is 10.4 Å². The number of aromatic hydroxyl groups is 1. The predicted octanol–water partition coefficient (Wildman–Crippen LogP) is 4.18. The number of anilines is 1. The second-order valence-electron chi connectivity index (χ2n) is 3.85. The summed E-state index contributed by atoms with van der Waals surface area (Å²) in [5.74, 6) is -2.87. The number of phenols is 1. The number of nitrogens with one attached hydrogen (secondary N) is 1. The summed E-state index contributed by atoms with van der Waals surface area (Å²) in [6.07, 6.45) is 0. The largest absolute Gasteiger partial charge is 0.505 e. The average molecular weight is 332 g/mol. The zero-order valence-electron chi connectivity index (χ0n) is 9.55. The van der Waals surface area contributed by atoms with Gasteiger partial charge in [-0.15, -0.1) is 0 Å². The lowest BCUT2D eigenvalue weighted by Crippen LogP contribution is -2.04. The van der Waals surface area contributed by atoms with E-state index in [4.69, 9.17) is 0 Å². The summed E-state index contributed by atoms with van der Waals surface area (Å²) in [6, 6.07) is 6.17. The molecule has 0 amide bonds. The summed E-state index contributed by atoms with van der Waals surface area (Å²) in [6.45, 7) is -0.0981. The van der Waals surface area contributed by atoms with E-state index in [1.807, 2.05) is 0 Å². The molecule has 2 aromatic rings. The molecule has 2 rings (SSSR count). The molecule has 0 aliphatic rings. The number of halogens is 4. The maximum Gasteiger partial charge on any atom is 0.165 e. The first-order valence-corrected chi connectivity index (χ1v) is 6.13. The normalized spacial score (nSPS) is 10.5. The molecular weight excluding hydrogens is 323 g/mol. The molecule has 0 radical (unpaired) electrons. The first-order valence-electron chi connectivity index (χ1n) is 5.34. The summed E-state index contributed by atoms with van der Waals surface area (Å²) in [4.78, 5) is 0. The Morgan fingerprint density at radius 1 is 1.05 bits per heavy atom. The minimum absolute atomic E-state index is 0.0981. The minimum Gasteiger partial charge on any atom is -0.505 e. The van der Waals surface area contributed by atoms with Gasteiger partial charge >= 0.3 is 0 Å². The van der Waals surface area contributed by atoms with E-state index in [0.717, 1.165) is 18.2 Å². The first-order chi connectivity index (χ1) is 8.99. The van der Waals surface area contributed by atoms with Crippen molar-refractivity contribution in [3.05, 3.63) is 57.8 Å². The molecular formula is C13H9BrF3NO. The molecule has 0 bridgehead atoms. The highest BCUT2D eigenvalue weighted by Gasteiger charge is 2.12. The quantitative estimate of drug-likeness (QED) is 0.884. The van der Waals surface area contributed by atoms with Crippen LogP contribution in [0.1, 0.15) is 5.56 Å². The molecule has 0 atom stereocenters. The highest BCUT2D eigenvalue weighted by atomic mass is 79.9. The molecule has 0 saturated carbocycles. The van der Waals surface area contributed by atoms with Crippen LogP contribution < -0.4 is 5.32 Å². The zero-order valence-corrected chi connectivity index (χ0v) is 11.1. The fourth-order valence-electron chi connectivity index (χ4n) is 1.60. The lowest BCUT2D eigenvalue weighted by Gasteiger charge is -2.10. The van der Waals surface area contributed by atoms with Crippen molar-refractivity contribution >= 4 is 21.6 Å². The average Bonchev–Trinajstić information content (AvgIpc) is 2.33. The molecule has 100 valence electrons. The van der Waals surface area contributed by atoms with Gasteiger partial charge in [-0.25, -0.2) is 13.2 Å². The summed E-state index contributed by atoms with van der Waals surface area (Å²) >= 11 is 2.97. The Kier molecular flexibility index (Phi) is 3.99. The highest BCUT2D eigenvalue weighted by Crippen LogP contribution is 2.26. The van der Waals surface area contributed by atoms with Gasteiger partial charge in [-0.2, -0.15) is 0 Å². The van der Waals surface area contributed by atoms with Gasteiger partial charge in [0.2, 0.25) is 0 Å². The van der Waals surface area contributed by atoms with E-state index < -0.39 is 23.2 Å². The van der Waals surface area contributed by atoms with Crippen LogP contribution in [0.3, 0.4) is 0 Å². The molecule has 0 spiro atoms. The lowest BCUT2D eigenvalue weighted by atomic mass is 10.2. The molecule has 2 N–H and O–H groups in total. The van der Waals surface area contributed by atoms with Gasteiger partial charge in [-0.05, 0) is 18.2 Å². The van der Waals surface area contributed by atoms with Crippen LogP contribution in [0.25, 0.3) is 0 Å². The second kappa shape index (κ2) is 5.52. The standard InChI is InChI=1S/C13H9BrF3NO/c14-8-4-10(16)12(11(17)5-8)18-6-7-2-1-3-9(15)13(7)19/h1-5,18-19H,6H2. The van der Waals surface area contributed by atoms with Crippen LogP contribution in [0.4, 0.5) is 18.9 Å². The van der Waals surface area contributed by atoms with Gasteiger partial charge in [0.25, 0.3) is 0 Å². The highest BCUT2D eigenvalue weighted by molar-refractivity contribution is 9.10. The fourth-order valence-corrected chi connectivity index (χ4v) is 2.00. The minimum atomic E-state index is -0.781. The van der Waals surface area contributed by atoms with E-state index in [2.05, 4.69) is 21.2 Å². The molecule has 2 aromatic carbocycles. The van der Waals surface area contributed by atoms with E-state index in [1.54, 1.807) is 0 Å². The Morgan fingerprint density at radius 3 is 2.32 bits per heavy atom. The summed E-state index contributed by atoms with van der Waals surface area (Å²) < 4.78 is 40.4. The lowest BCUT2D eigenvalue weighted by molar-refractivity contribution is 0.426. The number of hydrogen-bond acceptors (Lipinski definition) is 2. The van der Waals surface area contributed by atoms with Crippen LogP contribution in [0.5, 0.6) is 5.75 Å². The van der Waals surface area contributed by atoms with Crippen LogP contribution in [-0.4, -0.2) is 5.11 Å². The van der Waals surface area contributed by atoms with Gasteiger partial charge in [0.05, 0.1) is 0 Å². The van der Waals surface area contributed by atoms with Crippen LogP contribution in [0.15, 0.2) is 34.8 Å². The monoisotopic (exact) mass is 331 g/mol. The predicted molar refractivity (Wildman–Crippen MR) is 69.4 cm³/mol.